The molecule has 0 aromatic heterocycles. The second kappa shape index (κ2) is 7.81. The Hall–Kier alpha value is -1.06. The van der Waals surface area contributed by atoms with Gasteiger partial charge in [0.2, 0.25) is 0 Å². The van der Waals surface area contributed by atoms with E-state index in [0.29, 0.717) is 6.04 Å². The lowest BCUT2D eigenvalue weighted by molar-refractivity contribution is -0.0669. The maximum Gasteiger partial charge on any atom is 0.119 e. The summed E-state index contributed by atoms with van der Waals surface area (Å²) in [5, 5.41) is 3.66. The summed E-state index contributed by atoms with van der Waals surface area (Å²) >= 11 is 0. The Bertz CT molecular complexity index is 427. The van der Waals surface area contributed by atoms with E-state index in [2.05, 4.69) is 30.4 Å². The van der Waals surface area contributed by atoms with E-state index >= 15 is 0 Å². The van der Waals surface area contributed by atoms with Crippen molar-refractivity contribution in [2.24, 2.45) is 0 Å². The minimum absolute atomic E-state index is 0.0165. The van der Waals surface area contributed by atoms with Crippen LogP contribution in [0.2, 0.25) is 0 Å². The number of hydrogen-bond donors (Lipinski definition) is 1. The lowest BCUT2D eigenvalue weighted by atomic mass is 9.77. The van der Waals surface area contributed by atoms with E-state index in [1.165, 1.54) is 24.8 Å². The summed E-state index contributed by atoms with van der Waals surface area (Å²) in [6, 6.07) is 8.74. The van der Waals surface area contributed by atoms with E-state index in [9.17, 15) is 0 Å². The lowest BCUT2D eigenvalue weighted by Crippen LogP contribution is -2.54. The first-order valence-electron chi connectivity index (χ1n) is 8.15. The Morgan fingerprint density at radius 1 is 1.19 bits per heavy atom. The highest BCUT2D eigenvalue weighted by Gasteiger charge is 2.39. The van der Waals surface area contributed by atoms with Crippen molar-refractivity contribution in [3.05, 3.63) is 29.8 Å². The SMILES string of the molecule is CCNC(Cc1cccc(OC)c1)C1(OC)CCCCC1. The highest BCUT2D eigenvalue weighted by molar-refractivity contribution is 5.29. The van der Waals surface area contributed by atoms with E-state index in [4.69, 9.17) is 9.47 Å². The molecule has 0 spiro atoms. The monoisotopic (exact) mass is 291 g/mol. The molecule has 118 valence electrons. The first kappa shape index (κ1) is 16.3. The van der Waals surface area contributed by atoms with Crippen molar-refractivity contribution in [2.75, 3.05) is 20.8 Å². The molecule has 1 unspecified atom stereocenters. The summed E-state index contributed by atoms with van der Waals surface area (Å²) in [4.78, 5) is 0. The van der Waals surface area contributed by atoms with Gasteiger partial charge < -0.3 is 14.8 Å². The van der Waals surface area contributed by atoms with Gasteiger partial charge in [-0.3, -0.25) is 0 Å². The summed E-state index contributed by atoms with van der Waals surface area (Å²) < 4.78 is 11.4. The van der Waals surface area contributed by atoms with Gasteiger partial charge >= 0.3 is 0 Å². The summed E-state index contributed by atoms with van der Waals surface area (Å²) in [6.45, 7) is 3.14. The summed E-state index contributed by atoms with van der Waals surface area (Å²) in [6.07, 6.45) is 7.18. The summed E-state index contributed by atoms with van der Waals surface area (Å²) in [7, 11) is 3.60. The fourth-order valence-corrected chi connectivity index (χ4v) is 3.57. The van der Waals surface area contributed by atoms with Gasteiger partial charge in [-0.25, -0.2) is 0 Å². The Morgan fingerprint density at radius 2 is 1.95 bits per heavy atom. The third kappa shape index (κ3) is 3.98. The highest BCUT2D eigenvalue weighted by Crippen LogP contribution is 2.35. The van der Waals surface area contributed by atoms with Gasteiger partial charge in [-0.15, -0.1) is 0 Å². The molecular weight excluding hydrogens is 262 g/mol. The van der Waals surface area contributed by atoms with Crippen molar-refractivity contribution < 1.29 is 9.47 Å². The van der Waals surface area contributed by atoms with Crippen LogP contribution in [0.4, 0.5) is 0 Å². The molecule has 0 saturated heterocycles. The zero-order valence-corrected chi connectivity index (χ0v) is 13.7. The first-order chi connectivity index (χ1) is 10.2. The van der Waals surface area contributed by atoms with Crippen LogP contribution in [0, 0.1) is 0 Å². The number of methoxy groups -OCH3 is 2. The van der Waals surface area contributed by atoms with Gasteiger partial charge in [0.1, 0.15) is 5.75 Å². The van der Waals surface area contributed by atoms with Gasteiger partial charge in [-0.05, 0) is 43.5 Å². The molecule has 1 atom stereocenters. The standard InChI is InChI=1S/C18H29NO2/c1-4-19-17(18(21-3)11-6-5-7-12-18)14-15-9-8-10-16(13-15)20-2/h8-10,13,17,19H,4-7,11-12,14H2,1-3H3. The third-order valence-electron chi connectivity index (χ3n) is 4.77. The van der Waals surface area contributed by atoms with Crippen LogP contribution in [0.15, 0.2) is 24.3 Å². The van der Waals surface area contributed by atoms with Crippen LogP contribution in [-0.4, -0.2) is 32.4 Å². The van der Waals surface area contributed by atoms with Crippen LogP contribution in [0.3, 0.4) is 0 Å². The van der Waals surface area contributed by atoms with Gasteiger partial charge in [0.05, 0.1) is 12.7 Å². The molecule has 3 heteroatoms. The molecule has 0 radical (unpaired) electrons. The number of rotatable bonds is 7. The van der Waals surface area contributed by atoms with Crippen LogP contribution >= 0.6 is 0 Å². The minimum atomic E-state index is -0.0165. The molecular formula is C18H29NO2. The maximum atomic E-state index is 6.03. The zero-order chi connectivity index (χ0) is 15.1. The number of nitrogens with one attached hydrogen (secondary N) is 1. The molecule has 1 aliphatic carbocycles. The molecule has 1 saturated carbocycles. The molecule has 21 heavy (non-hydrogen) atoms. The van der Waals surface area contributed by atoms with Crippen LogP contribution in [-0.2, 0) is 11.2 Å². The van der Waals surface area contributed by atoms with Crippen LogP contribution < -0.4 is 10.1 Å². The molecule has 2 rings (SSSR count). The van der Waals surface area contributed by atoms with E-state index < -0.39 is 0 Å². The van der Waals surface area contributed by atoms with E-state index in [-0.39, 0.29) is 5.60 Å². The molecule has 3 nitrogen and oxygen atoms in total. The van der Waals surface area contributed by atoms with Gasteiger partial charge in [0, 0.05) is 13.2 Å². The highest BCUT2D eigenvalue weighted by atomic mass is 16.5. The smallest absolute Gasteiger partial charge is 0.119 e. The average Bonchev–Trinajstić information content (AvgIpc) is 2.55. The average molecular weight is 291 g/mol. The van der Waals surface area contributed by atoms with Crippen molar-refractivity contribution >= 4 is 0 Å². The second-order valence-corrected chi connectivity index (χ2v) is 6.00. The Balaban J connectivity index is 2.16. The van der Waals surface area contributed by atoms with Gasteiger partial charge in [-0.1, -0.05) is 38.3 Å². The molecule has 1 fully saturated rings. The molecule has 1 aliphatic rings. The Kier molecular flexibility index (Phi) is 6.07. The molecule has 0 aliphatic heterocycles. The van der Waals surface area contributed by atoms with E-state index in [1.54, 1.807) is 7.11 Å². The molecule has 0 heterocycles. The summed E-state index contributed by atoms with van der Waals surface area (Å²) in [5.74, 6) is 0.929. The quantitative estimate of drug-likeness (QED) is 0.833. The first-order valence-corrected chi connectivity index (χ1v) is 8.15. The number of likely N-dealkylation sites (N-methyl/N-ethyl adjacent to an activating group) is 1. The van der Waals surface area contributed by atoms with E-state index in [1.807, 2.05) is 13.2 Å². The van der Waals surface area contributed by atoms with Crippen molar-refractivity contribution in [1.29, 1.82) is 0 Å². The van der Waals surface area contributed by atoms with Crippen LogP contribution in [0.5, 0.6) is 5.75 Å². The van der Waals surface area contributed by atoms with Gasteiger partial charge in [-0.2, -0.15) is 0 Å². The van der Waals surface area contributed by atoms with Crippen LogP contribution in [0.1, 0.15) is 44.6 Å². The number of hydrogen-bond acceptors (Lipinski definition) is 3. The van der Waals surface area contributed by atoms with Gasteiger partial charge in [0.25, 0.3) is 0 Å². The van der Waals surface area contributed by atoms with Crippen molar-refractivity contribution in [2.45, 2.75) is 57.1 Å². The van der Waals surface area contributed by atoms with Gasteiger partial charge in [0.15, 0.2) is 0 Å². The third-order valence-corrected chi connectivity index (χ3v) is 4.77. The fraction of sp³-hybridized carbons (Fsp3) is 0.667. The predicted octanol–water partition coefficient (Wildman–Crippen LogP) is 3.57. The molecule has 1 aromatic rings. The number of benzene rings is 1. The summed E-state index contributed by atoms with van der Waals surface area (Å²) in [5.41, 5.74) is 1.29. The van der Waals surface area contributed by atoms with E-state index in [0.717, 1.165) is 31.6 Å². The zero-order valence-electron chi connectivity index (χ0n) is 13.7. The maximum absolute atomic E-state index is 6.03. The van der Waals surface area contributed by atoms with Crippen LogP contribution in [0.25, 0.3) is 0 Å². The largest absolute Gasteiger partial charge is 0.497 e. The topological polar surface area (TPSA) is 30.5 Å². The lowest BCUT2D eigenvalue weighted by Gasteiger charge is -2.43. The number of ether oxygens (including phenoxy) is 2. The van der Waals surface area contributed by atoms with Crippen molar-refractivity contribution in [3.8, 4) is 5.75 Å². The normalized spacial score (nSPS) is 19.2. The van der Waals surface area contributed by atoms with Crippen molar-refractivity contribution in [3.63, 3.8) is 0 Å². The fourth-order valence-electron chi connectivity index (χ4n) is 3.57. The predicted molar refractivity (Wildman–Crippen MR) is 87.0 cm³/mol. The van der Waals surface area contributed by atoms with Crippen molar-refractivity contribution in [1.82, 2.24) is 5.32 Å². The minimum Gasteiger partial charge on any atom is -0.497 e. The second-order valence-electron chi connectivity index (χ2n) is 6.00. The Morgan fingerprint density at radius 3 is 2.57 bits per heavy atom. The molecule has 1 aromatic carbocycles. The molecule has 0 bridgehead atoms. The molecule has 0 amide bonds. The molecule has 1 N–H and O–H groups in total. The Labute approximate surface area is 129 Å².